The minimum absolute atomic E-state index is 0.169. The van der Waals surface area contributed by atoms with Gasteiger partial charge in [0.15, 0.2) is 0 Å². The molecule has 1 fully saturated rings. The van der Waals surface area contributed by atoms with Crippen LogP contribution in [0.25, 0.3) is 0 Å². The van der Waals surface area contributed by atoms with E-state index in [2.05, 4.69) is 4.90 Å². The SMILES string of the molecule is OC1CCN(CCc2cccc(F)c2)C1. The van der Waals surface area contributed by atoms with E-state index >= 15 is 0 Å². The number of β-amino-alcohol motifs (C(OH)–C–C–N with tert-alkyl or cyclic N) is 1. The normalized spacial score (nSPS) is 22.1. The van der Waals surface area contributed by atoms with E-state index in [1.165, 1.54) is 6.07 Å². The van der Waals surface area contributed by atoms with E-state index in [0.29, 0.717) is 0 Å². The van der Waals surface area contributed by atoms with Crippen LogP contribution in [0.5, 0.6) is 0 Å². The Morgan fingerprint density at radius 3 is 3.00 bits per heavy atom. The molecule has 3 heteroatoms. The minimum Gasteiger partial charge on any atom is -0.392 e. The van der Waals surface area contributed by atoms with Crippen LogP contribution in [-0.2, 0) is 6.42 Å². The highest BCUT2D eigenvalue weighted by Gasteiger charge is 2.19. The van der Waals surface area contributed by atoms with Crippen LogP contribution in [0.15, 0.2) is 24.3 Å². The summed E-state index contributed by atoms with van der Waals surface area (Å²) in [6.45, 7) is 2.62. The van der Waals surface area contributed by atoms with Crippen LogP contribution in [0.4, 0.5) is 4.39 Å². The maximum Gasteiger partial charge on any atom is 0.123 e. The Morgan fingerprint density at radius 2 is 2.33 bits per heavy atom. The van der Waals surface area contributed by atoms with Gasteiger partial charge in [-0.2, -0.15) is 0 Å². The van der Waals surface area contributed by atoms with Gasteiger partial charge in [-0.15, -0.1) is 0 Å². The summed E-state index contributed by atoms with van der Waals surface area (Å²) in [4.78, 5) is 2.22. The molecule has 0 bridgehead atoms. The summed E-state index contributed by atoms with van der Waals surface area (Å²) in [5, 5.41) is 9.34. The molecule has 1 atom stereocenters. The molecule has 82 valence electrons. The summed E-state index contributed by atoms with van der Waals surface area (Å²) in [6, 6.07) is 6.72. The van der Waals surface area contributed by atoms with Gasteiger partial charge < -0.3 is 10.0 Å². The molecule has 1 N–H and O–H groups in total. The monoisotopic (exact) mass is 209 g/mol. The average Bonchev–Trinajstić information content (AvgIpc) is 2.62. The van der Waals surface area contributed by atoms with Gasteiger partial charge in [-0.3, -0.25) is 0 Å². The third-order valence-electron chi connectivity index (χ3n) is 2.85. The van der Waals surface area contributed by atoms with Crippen LogP contribution in [0.1, 0.15) is 12.0 Å². The Bertz CT molecular complexity index is 329. The van der Waals surface area contributed by atoms with Crippen LogP contribution in [0.2, 0.25) is 0 Å². The Labute approximate surface area is 89.3 Å². The summed E-state index contributed by atoms with van der Waals surface area (Å²) in [5.74, 6) is -0.172. The van der Waals surface area contributed by atoms with Gasteiger partial charge in [0.05, 0.1) is 6.10 Å². The van der Waals surface area contributed by atoms with E-state index in [4.69, 9.17) is 0 Å². The Morgan fingerprint density at radius 1 is 1.47 bits per heavy atom. The fraction of sp³-hybridized carbons (Fsp3) is 0.500. The first-order valence-corrected chi connectivity index (χ1v) is 5.39. The molecule has 1 aliphatic heterocycles. The van der Waals surface area contributed by atoms with Gasteiger partial charge in [-0.05, 0) is 30.5 Å². The topological polar surface area (TPSA) is 23.5 Å². The molecule has 15 heavy (non-hydrogen) atoms. The first kappa shape index (κ1) is 10.6. The number of rotatable bonds is 3. The van der Waals surface area contributed by atoms with E-state index in [1.54, 1.807) is 12.1 Å². The van der Waals surface area contributed by atoms with E-state index in [0.717, 1.165) is 38.0 Å². The van der Waals surface area contributed by atoms with E-state index in [9.17, 15) is 9.50 Å². The van der Waals surface area contributed by atoms with Crippen molar-refractivity contribution in [1.29, 1.82) is 0 Å². The van der Waals surface area contributed by atoms with Crippen molar-refractivity contribution in [3.8, 4) is 0 Å². The lowest BCUT2D eigenvalue weighted by Crippen LogP contribution is -2.24. The van der Waals surface area contributed by atoms with Crippen molar-refractivity contribution < 1.29 is 9.50 Å². The molecular formula is C12H16FNO. The number of likely N-dealkylation sites (tertiary alicyclic amines) is 1. The Balaban J connectivity index is 1.83. The average molecular weight is 209 g/mol. The van der Waals surface area contributed by atoms with Crippen LogP contribution < -0.4 is 0 Å². The number of aliphatic hydroxyl groups excluding tert-OH is 1. The minimum atomic E-state index is -0.172. The summed E-state index contributed by atoms with van der Waals surface area (Å²) in [6.07, 6.45) is 1.55. The smallest absolute Gasteiger partial charge is 0.123 e. The van der Waals surface area contributed by atoms with Gasteiger partial charge >= 0.3 is 0 Å². The number of nitrogens with zero attached hydrogens (tertiary/aromatic N) is 1. The van der Waals surface area contributed by atoms with Crippen molar-refractivity contribution in [3.63, 3.8) is 0 Å². The molecule has 1 aromatic rings. The fourth-order valence-electron chi connectivity index (χ4n) is 1.99. The second kappa shape index (κ2) is 4.73. The van der Waals surface area contributed by atoms with Gasteiger partial charge in [-0.1, -0.05) is 12.1 Å². The predicted molar refractivity (Wildman–Crippen MR) is 57.2 cm³/mol. The van der Waals surface area contributed by atoms with Gasteiger partial charge in [0.25, 0.3) is 0 Å². The number of halogens is 1. The largest absolute Gasteiger partial charge is 0.392 e. The van der Waals surface area contributed by atoms with Crippen LogP contribution >= 0.6 is 0 Å². The highest BCUT2D eigenvalue weighted by atomic mass is 19.1. The van der Waals surface area contributed by atoms with E-state index in [-0.39, 0.29) is 11.9 Å². The molecule has 1 aromatic carbocycles. The second-order valence-corrected chi connectivity index (χ2v) is 4.12. The molecular weight excluding hydrogens is 193 g/mol. The lowest BCUT2D eigenvalue weighted by molar-refractivity contribution is 0.177. The summed E-state index contributed by atoms with van der Waals surface area (Å²) in [5.41, 5.74) is 1.02. The maximum atomic E-state index is 12.9. The zero-order valence-electron chi connectivity index (χ0n) is 8.69. The van der Waals surface area contributed by atoms with Crippen molar-refractivity contribution in [1.82, 2.24) is 4.90 Å². The molecule has 2 nitrogen and oxygen atoms in total. The Kier molecular flexibility index (Phi) is 3.34. The molecule has 1 saturated heterocycles. The fourth-order valence-corrected chi connectivity index (χ4v) is 1.99. The molecule has 2 rings (SSSR count). The van der Waals surface area contributed by atoms with Gasteiger partial charge in [-0.25, -0.2) is 4.39 Å². The molecule has 0 aromatic heterocycles. The van der Waals surface area contributed by atoms with Gasteiger partial charge in [0, 0.05) is 19.6 Å². The van der Waals surface area contributed by atoms with Crippen LogP contribution in [-0.4, -0.2) is 35.7 Å². The molecule has 0 amide bonds. The quantitative estimate of drug-likeness (QED) is 0.814. The first-order valence-electron chi connectivity index (χ1n) is 5.39. The third-order valence-corrected chi connectivity index (χ3v) is 2.85. The second-order valence-electron chi connectivity index (χ2n) is 4.12. The standard InChI is InChI=1S/C12H16FNO/c13-11-3-1-2-10(8-11)4-6-14-7-5-12(15)9-14/h1-3,8,12,15H,4-7,9H2. The predicted octanol–water partition coefficient (Wildman–Crippen LogP) is 1.43. The molecule has 1 unspecified atom stereocenters. The molecule has 1 aliphatic rings. The summed E-state index contributed by atoms with van der Waals surface area (Å²) >= 11 is 0. The zero-order valence-corrected chi connectivity index (χ0v) is 8.69. The maximum absolute atomic E-state index is 12.9. The molecule has 0 spiro atoms. The molecule has 0 saturated carbocycles. The highest BCUT2D eigenvalue weighted by Crippen LogP contribution is 2.10. The number of hydrogen-bond acceptors (Lipinski definition) is 2. The number of aliphatic hydroxyl groups is 1. The van der Waals surface area contributed by atoms with Gasteiger partial charge in [0.2, 0.25) is 0 Å². The van der Waals surface area contributed by atoms with Crippen molar-refractivity contribution in [3.05, 3.63) is 35.6 Å². The molecule has 0 radical (unpaired) electrons. The van der Waals surface area contributed by atoms with Crippen molar-refractivity contribution in [2.75, 3.05) is 19.6 Å². The molecule has 0 aliphatic carbocycles. The summed E-state index contributed by atoms with van der Waals surface area (Å²) < 4.78 is 12.9. The van der Waals surface area contributed by atoms with Crippen LogP contribution in [0.3, 0.4) is 0 Å². The van der Waals surface area contributed by atoms with E-state index in [1.807, 2.05) is 6.07 Å². The zero-order chi connectivity index (χ0) is 10.7. The third kappa shape index (κ3) is 3.01. The Hall–Kier alpha value is -0.930. The lowest BCUT2D eigenvalue weighted by Gasteiger charge is -2.14. The van der Waals surface area contributed by atoms with Crippen molar-refractivity contribution >= 4 is 0 Å². The lowest BCUT2D eigenvalue weighted by atomic mass is 10.1. The van der Waals surface area contributed by atoms with Crippen molar-refractivity contribution in [2.45, 2.75) is 18.9 Å². The first-order chi connectivity index (χ1) is 7.24. The number of hydrogen-bond donors (Lipinski definition) is 1. The van der Waals surface area contributed by atoms with E-state index < -0.39 is 0 Å². The van der Waals surface area contributed by atoms with Gasteiger partial charge in [0.1, 0.15) is 5.82 Å². The summed E-state index contributed by atoms with van der Waals surface area (Å²) in [7, 11) is 0. The highest BCUT2D eigenvalue weighted by molar-refractivity contribution is 5.16. The number of benzene rings is 1. The molecule has 1 heterocycles. The van der Waals surface area contributed by atoms with Crippen LogP contribution in [0, 0.1) is 5.82 Å². The van der Waals surface area contributed by atoms with Crippen molar-refractivity contribution in [2.24, 2.45) is 0 Å².